The molecule has 1 aliphatic rings. The second kappa shape index (κ2) is 6.22. The lowest BCUT2D eigenvalue weighted by atomic mass is 9.81. The number of aromatic nitrogens is 2. The van der Waals surface area contributed by atoms with Gasteiger partial charge in [-0.25, -0.2) is 4.39 Å². The molecule has 0 amide bonds. The number of aromatic amines is 1. The molecule has 1 N–H and O–H groups in total. The van der Waals surface area contributed by atoms with Crippen molar-refractivity contribution in [2.24, 2.45) is 5.92 Å². The van der Waals surface area contributed by atoms with E-state index in [1.165, 1.54) is 17.0 Å². The number of H-pyrrole nitrogens is 1. The molecule has 0 saturated heterocycles. The van der Waals surface area contributed by atoms with Crippen molar-refractivity contribution in [1.29, 1.82) is 0 Å². The topological polar surface area (TPSA) is 37.8 Å². The van der Waals surface area contributed by atoms with Gasteiger partial charge in [-0.3, -0.25) is 9.48 Å². The van der Waals surface area contributed by atoms with E-state index >= 15 is 0 Å². The highest BCUT2D eigenvalue weighted by Crippen LogP contribution is 2.44. The van der Waals surface area contributed by atoms with Crippen LogP contribution in [0.25, 0.3) is 0 Å². The van der Waals surface area contributed by atoms with E-state index in [1.807, 2.05) is 0 Å². The van der Waals surface area contributed by atoms with Gasteiger partial charge in [0.25, 0.3) is 5.56 Å². The molecule has 0 fully saturated rings. The third-order valence-electron chi connectivity index (χ3n) is 4.16. The highest BCUT2D eigenvalue weighted by atomic mass is 19.4. The van der Waals surface area contributed by atoms with Crippen LogP contribution in [0.3, 0.4) is 0 Å². The van der Waals surface area contributed by atoms with Crippen molar-refractivity contribution in [3.8, 4) is 0 Å². The zero-order chi connectivity index (χ0) is 17.4. The summed E-state index contributed by atoms with van der Waals surface area (Å²) in [5.41, 5.74) is 0.311. The minimum Gasteiger partial charge on any atom is -0.303 e. The van der Waals surface area contributed by atoms with Crippen LogP contribution in [0.15, 0.2) is 46.7 Å². The fraction of sp³-hybridized carbons (Fsp3) is 0.438. The van der Waals surface area contributed by atoms with Crippen LogP contribution in [0.2, 0.25) is 0 Å². The van der Waals surface area contributed by atoms with Gasteiger partial charge in [-0.15, -0.1) is 0 Å². The Morgan fingerprint density at radius 2 is 2.17 bits per heavy atom. The number of aryl methyl sites for hydroxylation is 1. The Hall–Kier alpha value is -2.05. The standard InChI is InChI=1S/C16H18F4N2O/c1-4-10-11(6-7-13(14(10)17)16(18,19)20)9(3)12-8-21-22(5-2)15(12)23/h4,6,8-9,13,21H,1,5,7H2,2-3H3. The first-order chi connectivity index (χ1) is 10.7. The van der Waals surface area contributed by atoms with Crippen molar-refractivity contribution in [3.05, 3.63) is 57.8 Å². The number of nitrogens with zero attached hydrogens (tertiary/aromatic N) is 1. The number of rotatable bonds is 4. The second-order valence-electron chi connectivity index (χ2n) is 5.45. The highest BCUT2D eigenvalue weighted by molar-refractivity contribution is 5.49. The zero-order valence-corrected chi connectivity index (χ0v) is 12.9. The largest absolute Gasteiger partial charge is 0.398 e. The maximum Gasteiger partial charge on any atom is 0.398 e. The van der Waals surface area contributed by atoms with Gasteiger partial charge >= 0.3 is 6.18 Å². The highest BCUT2D eigenvalue weighted by Gasteiger charge is 2.45. The van der Waals surface area contributed by atoms with E-state index in [1.54, 1.807) is 13.8 Å². The average molecular weight is 330 g/mol. The molecule has 7 heteroatoms. The number of nitrogens with one attached hydrogen (secondary N) is 1. The molecule has 2 atom stereocenters. The number of hydrogen-bond acceptors (Lipinski definition) is 1. The molecule has 126 valence electrons. The Bertz CT molecular complexity index is 721. The van der Waals surface area contributed by atoms with Crippen LogP contribution in [-0.2, 0) is 6.54 Å². The molecule has 2 rings (SSSR count). The molecule has 3 nitrogen and oxygen atoms in total. The van der Waals surface area contributed by atoms with Crippen molar-refractivity contribution in [1.82, 2.24) is 9.78 Å². The quantitative estimate of drug-likeness (QED) is 0.825. The summed E-state index contributed by atoms with van der Waals surface area (Å²) >= 11 is 0. The first-order valence-electron chi connectivity index (χ1n) is 7.29. The molecule has 1 aromatic rings. The van der Waals surface area contributed by atoms with Crippen LogP contribution in [0, 0.1) is 5.92 Å². The Labute approximate surface area is 131 Å². The summed E-state index contributed by atoms with van der Waals surface area (Å²) in [6, 6.07) is 0. The molecule has 0 spiro atoms. The molecule has 2 unspecified atom stereocenters. The van der Waals surface area contributed by atoms with Gasteiger partial charge < -0.3 is 5.10 Å². The minimum absolute atomic E-state index is 0.172. The van der Waals surface area contributed by atoms with Crippen LogP contribution in [0.5, 0.6) is 0 Å². The van der Waals surface area contributed by atoms with E-state index in [-0.39, 0.29) is 11.1 Å². The summed E-state index contributed by atoms with van der Waals surface area (Å²) in [7, 11) is 0. The van der Waals surface area contributed by atoms with Crippen molar-refractivity contribution in [2.75, 3.05) is 0 Å². The molecule has 0 bridgehead atoms. The molecule has 0 radical (unpaired) electrons. The van der Waals surface area contributed by atoms with Gasteiger partial charge in [0.15, 0.2) is 0 Å². The third-order valence-corrected chi connectivity index (χ3v) is 4.16. The van der Waals surface area contributed by atoms with Gasteiger partial charge in [0, 0.05) is 29.8 Å². The number of alkyl halides is 3. The van der Waals surface area contributed by atoms with E-state index in [2.05, 4.69) is 11.7 Å². The smallest absolute Gasteiger partial charge is 0.303 e. The van der Waals surface area contributed by atoms with Crippen molar-refractivity contribution in [2.45, 2.75) is 38.9 Å². The summed E-state index contributed by atoms with van der Waals surface area (Å²) in [5.74, 6) is -3.91. The van der Waals surface area contributed by atoms with Gasteiger partial charge in [0.05, 0.1) is 0 Å². The fourth-order valence-corrected chi connectivity index (χ4v) is 2.82. The first kappa shape index (κ1) is 17.3. The van der Waals surface area contributed by atoms with E-state index in [0.717, 1.165) is 6.08 Å². The fourth-order valence-electron chi connectivity index (χ4n) is 2.82. The van der Waals surface area contributed by atoms with Crippen LogP contribution in [0.1, 0.15) is 31.7 Å². The molecule has 1 heterocycles. The maximum absolute atomic E-state index is 14.3. The number of hydrogen-bond donors (Lipinski definition) is 1. The summed E-state index contributed by atoms with van der Waals surface area (Å²) in [5, 5.41) is 2.78. The molecule has 0 aliphatic heterocycles. The number of halogens is 4. The Morgan fingerprint density at radius 3 is 2.65 bits per heavy atom. The molecular weight excluding hydrogens is 312 g/mol. The summed E-state index contributed by atoms with van der Waals surface area (Å²) in [4.78, 5) is 12.2. The van der Waals surface area contributed by atoms with E-state index in [9.17, 15) is 22.4 Å². The SMILES string of the molecule is C=CC1=C(F)C(C(F)(F)F)CC=C1C(C)c1c[nH]n(CC)c1=O. The van der Waals surface area contributed by atoms with Gasteiger partial charge in [0.2, 0.25) is 0 Å². The van der Waals surface area contributed by atoms with Crippen LogP contribution in [-0.4, -0.2) is 16.0 Å². The zero-order valence-electron chi connectivity index (χ0n) is 12.9. The molecule has 0 aromatic carbocycles. The molecule has 0 saturated carbocycles. The lowest BCUT2D eigenvalue weighted by Crippen LogP contribution is -2.27. The Balaban J connectivity index is 2.44. The van der Waals surface area contributed by atoms with Gasteiger partial charge in [0.1, 0.15) is 11.7 Å². The van der Waals surface area contributed by atoms with E-state index in [4.69, 9.17) is 0 Å². The second-order valence-corrected chi connectivity index (χ2v) is 5.45. The first-order valence-corrected chi connectivity index (χ1v) is 7.29. The number of allylic oxidation sites excluding steroid dienone is 5. The van der Waals surface area contributed by atoms with E-state index < -0.39 is 30.3 Å². The lowest BCUT2D eigenvalue weighted by Gasteiger charge is -2.27. The van der Waals surface area contributed by atoms with Crippen molar-refractivity contribution in [3.63, 3.8) is 0 Å². The average Bonchev–Trinajstić information content (AvgIpc) is 2.85. The minimum atomic E-state index is -4.65. The monoisotopic (exact) mass is 330 g/mol. The normalized spacial score (nSPS) is 20.4. The van der Waals surface area contributed by atoms with Gasteiger partial charge in [-0.05, 0) is 18.9 Å². The van der Waals surface area contributed by atoms with E-state index in [0.29, 0.717) is 17.7 Å². The predicted octanol–water partition coefficient (Wildman–Crippen LogP) is 4.22. The lowest BCUT2D eigenvalue weighted by molar-refractivity contribution is -0.167. The Morgan fingerprint density at radius 1 is 1.52 bits per heavy atom. The summed E-state index contributed by atoms with van der Waals surface area (Å²) in [6.45, 7) is 7.32. The van der Waals surface area contributed by atoms with Crippen LogP contribution >= 0.6 is 0 Å². The molecular formula is C16H18F4N2O. The van der Waals surface area contributed by atoms with Gasteiger partial charge in [-0.1, -0.05) is 25.7 Å². The summed E-state index contributed by atoms with van der Waals surface area (Å²) in [6.07, 6.45) is -1.18. The molecule has 1 aromatic heterocycles. The van der Waals surface area contributed by atoms with Crippen molar-refractivity contribution >= 4 is 0 Å². The predicted molar refractivity (Wildman–Crippen MR) is 79.7 cm³/mol. The third kappa shape index (κ3) is 3.04. The van der Waals surface area contributed by atoms with Gasteiger partial charge in [-0.2, -0.15) is 13.2 Å². The Kier molecular flexibility index (Phi) is 4.68. The summed E-state index contributed by atoms with van der Waals surface area (Å²) < 4.78 is 54.2. The van der Waals surface area contributed by atoms with Crippen molar-refractivity contribution < 1.29 is 17.6 Å². The maximum atomic E-state index is 14.3. The molecule has 23 heavy (non-hydrogen) atoms. The molecule has 1 aliphatic carbocycles. The van der Waals surface area contributed by atoms with Crippen LogP contribution in [0.4, 0.5) is 17.6 Å². The van der Waals surface area contributed by atoms with Crippen LogP contribution < -0.4 is 5.56 Å².